The Hall–Kier alpha value is -2.46. The van der Waals surface area contributed by atoms with E-state index in [1.807, 2.05) is 0 Å². The maximum Gasteiger partial charge on any atom is 0.288 e. The van der Waals surface area contributed by atoms with E-state index in [9.17, 15) is 8.78 Å². The van der Waals surface area contributed by atoms with E-state index < -0.39 is 5.76 Å². The minimum atomic E-state index is -2.43. The van der Waals surface area contributed by atoms with Crippen LogP contribution < -0.4 is 10.2 Å². The fourth-order valence-corrected chi connectivity index (χ4v) is 3.42. The van der Waals surface area contributed by atoms with Crippen molar-refractivity contribution in [1.29, 1.82) is 0 Å². The number of anilines is 3. The van der Waals surface area contributed by atoms with Gasteiger partial charge in [-0.2, -0.15) is 23.8 Å². The smallest absolute Gasteiger partial charge is 0.288 e. The summed E-state index contributed by atoms with van der Waals surface area (Å²) in [6, 6.07) is 6.84. The zero-order valence-corrected chi connectivity index (χ0v) is 15.5. The third-order valence-corrected chi connectivity index (χ3v) is 5.15. The van der Waals surface area contributed by atoms with E-state index in [2.05, 4.69) is 42.3 Å². The minimum Gasteiger partial charge on any atom is -0.339 e. The summed E-state index contributed by atoms with van der Waals surface area (Å²) in [5, 5.41) is 11.0. The molecule has 0 spiro atoms. The fraction of sp³-hybridized carbons (Fsp3) is 0.353. The van der Waals surface area contributed by atoms with Crippen molar-refractivity contribution in [1.82, 2.24) is 25.1 Å². The number of fused-ring (bicyclic) bond motifs is 1. The van der Waals surface area contributed by atoms with Gasteiger partial charge in [-0.15, -0.1) is 0 Å². The molecular formula is C17H19F2N7S. The molecule has 0 saturated carbocycles. The molecule has 1 saturated heterocycles. The fourth-order valence-electron chi connectivity index (χ4n) is 2.92. The molecule has 0 aliphatic carbocycles. The van der Waals surface area contributed by atoms with Crippen molar-refractivity contribution in [3.63, 3.8) is 0 Å². The highest BCUT2D eigenvalue weighted by Crippen LogP contribution is 2.29. The number of nitrogens with one attached hydrogen (secondary N) is 2. The van der Waals surface area contributed by atoms with Gasteiger partial charge in [-0.05, 0) is 31.3 Å². The summed E-state index contributed by atoms with van der Waals surface area (Å²) in [5.74, 6) is -1.15. The second-order valence-corrected chi connectivity index (χ2v) is 7.39. The summed E-state index contributed by atoms with van der Waals surface area (Å²) in [6.45, 7) is 3.62. The number of aromatic amines is 1. The first-order valence-electron chi connectivity index (χ1n) is 8.55. The summed E-state index contributed by atoms with van der Waals surface area (Å²) in [5.41, 5.74) is 1.42. The SMILES string of the molecule is CN1CCN(c2nc(Nc3ccc(SC(F)F)cc3)c3cn[nH]c3n2)CC1. The van der Waals surface area contributed by atoms with Crippen LogP contribution in [0.15, 0.2) is 35.4 Å². The summed E-state index contributed by atoms with van der Waals surface area (Å²) in [7, 11) is 2.10. The molecule has 1 aliphatic rings. The van der Waals surface area contributed by atoms with Crippen molar-refractivity contribution in [2.45, 2.75) is 10.7 Å². The van der Waals surface area contributed by atoms with Gasteiger partial charge in [-0.1, -0.05) is 11.8 Å². The number of likely N-dealkylation sites (N-methyl/N-ethyl adjacent to an activating group) is 1. The maximum absolute atomic E-state index is 12.5. The molecule has 1 aromatic carbocycles. The van der Waals surface area contributed by atoms with Gasteiger partial charge in [0.2, 0.25) is 5.95 Å². The second kappa shape index (κ2) is 7.65. The molecule has 3 heterocycles. The Kier molecular flexibility index (Phi) is 5.08. The summed E-state index contributed by atoms with van der Waals surface area (Å²) in [6.07, 6.45) is 1.67. The quantitative estimate of drug-likeness (QED) is 0.647. The van der Waals surface area contributed by atoms with Gasteiger partial charge < -0.3 is 15.1 Å². The van der Waals surface area contributed by atoms with Gasteiger partial charge in [0.15, 0.2) is 5.65 Å². The van der Waals surface area contributed by atoms with Gasteiger partial charge in [0, 0.05) is 36.8 Å². The molecule has 0 bridgehead atoms. The lowest BCUT2D eigenvalue weighted by Gasteiger charge is -2.32. The molecule has 0 radical (unpaired) electrons. The number of rotatable bonds is 5. The average molecular weight is 391 g/mol. The van der Waals surface area contributed by atoms with Gasteiger partial charge in [-0.25, -0.2) is 0 Å². The molecule has 3 aromatic rings. The largest absolute Gasteiger partial charge is 0.339 e. The van der Waals surface area contributed by atoms with Crippen LogP contribution in [0.4, 0.5) is 26.2 Å². The lowest BCUT2D eigenvalue weighted by atomic mass is 10.3. The molecule has 10 heteroatoms. The number of benzene rings is 1. The average Bonchev–Trinajstić information content (AvgIpc) is 3.12. The maximum atomic E-state index is 12.5. The van der Waals surface area contributed by atoms with Gasteiger partial charge in [0.05, 0.1) is 11.6 Å². The van der Waals surface area contributed by atoms with E-state index in [0.717, 1.165) is 37.3 Å². The second-order valence-electron chi connectivity index (χ2n) is 6.32. The number of hydrogen-bond acceptors (Lipinski definition) is 7. The van der Waals surface area contributed by atoms with Crippen LogP contribution in [0.25, 0.3) is 11.0 Å². The first-order valence-corrected chi connectivity index (χ1v) is 9.43. The van der Waals surface area contributed by atoms with E-state index in [-0.39, 0.29) is 0 Å². The van der Waals surface area contributed by atoms with Crippen molar-refractivity contribution >= 4 is 40.2 Å². The summed E-state index contributed by atoms with van der Waals surface area (Å²) >= 11 is 0.526. The van der Waals surface area contributed by atoms with E-state index >= 15 is 0 Å². The Morgan fingerprint density at radius 1 is 1.11 bits per heavy atom. The Morgan fingerprint density at radius 2 is 1.85 bits per heavy atom. The van der Waals surface area contributed by atoms with Crippen LogP contribution >= 0.6 is 11.8 Å². The van der Waals surface area contributed by atoms with Crippen LogP contribution in [-0.2, 0) is 0 Å². The van der Waals surface area contributed by atoms with Crippen LogP contribution in [0.5, 0.6) is 0 Å². The summed E-state index contributed by atoms with van der Waals surface area (Å²) in [4.78, 5) is 14.2. The zero-order valence-electron chi connectivity index (χ0n) is 14.7. The molecule has 142 valence electrons. The number of piperazine rings is 1. The highest BCUT2D eigenvalue weighted by Gasteiger charge is 2.19. The Labute approximate surface area is 159 Å². The number of alkyl halides is 2. The number of hydrogen-bond donors (Lipinski definition) is 2. The van der Waals surface area contributed by atoms with Crippen LogP contribution in [0, 0.1) is 0 Å². The number of halogens is 2. The van der Waals surface area contributed by atoms with Crippen molar-refractivity contribution in [2.24, 2.45) is 0 Å². The standard InChI is InChI=1S/C17H19F2N7S/c1-25-6-8-26(9-7-25)17-22-14(13-10-20-24-15(13)23-17)21-11-2-4-12(5-3-11)27-16(18)19/h2-5,10,16H,6-9H2,1H3,(H2,20,21,22,23,24). The first kappa shape index (κ1) is 17.9. The molecule has 1 fully saturated rings. The lowest BCUT2D eigenvalue weighted by Crippen LogP contribution is -2.45. The molecule has 7 nitrogen and oxygen atoms in total. The monoisotopic (exact) mass is 391 g/mol. The minimum absolute atomic E-state index is 0.518. The number of nitrogens with zero attached hydrogens (tertiary/aromatic N) is 5. The molecule has 2 aromatic heterocycles. The molecule has 0 unspecified atom stereocenters. The highest BCUT2D eigenvalue weighted by molar-refractivity contribution is 7.99. The molecule has 27 heavy (non-hydrogen) atoms. The zero-order chi connectivity index (χ0) is 18.8. The Bertz CT molecular complexity index is 907. The van der Waals surface area contributed by atoms with Gasteiger partial charge in [-0.3, -0.25) is 5.10 Å². The molecular weight excluding hydrogens is 372 g/mol. The number of H-pyrrole nitrogens is 1. The Morgan fingerprint density at radius 3 is 2.56 bits per heavy atom. The van der Waals surface area contributed by atoms with Gasteiger partial charge in [0.25, 0.3) is 5.76 Å². The van der Waals surface area contributed by atoms with Crippen molar-refractivity contribution in [3.8, 4) is 0 Å². The van der Waals surface area contributed by atoms with E-state index in [4.69, 9.17) is 0 Å². The highest BCUT2D eigenvalue weighted by atomic mass is 32.2. The lowest BCUT2D eigenvalue weighted by molar-refractivity contribution is 0.252. The number of aromatic nitrogens is 4. The third-order valence-electron chi connectivity index (χ3n) is 4.43. The first-order chi connectivity index (χ1) is 13.1. The van der Waals surface area contributed by atoms with Crippen LogP contribution in [0.3, 0.4) is 0 Å². The molecule has 0 atom stereocenters. The number of thioether (sulfide) groups is 1. The Balaban J connectivity index is 1.59. The van der Waals surface area contributed by atoms with Crippen molar-refractivity contribution in [2.75, 3.05) is 43.4 Å². The van der Waals surface area contributed by atoms with Gasteiger partial charge in [0.1, 0.15) is 5.82 Å². The molecule has 2 N–H and O–H groups in total. The molecule has 4 rings (SSSR count). The van der Waals surface area contributed by atoms with E-state index in [1.54, 1.807) is 30.5 Å². The van der Waals surface area contributed by atoms with Crippen molar-refractivity contribution in [3.05, 3.63) is 30.5 Å². The summed E-state index contributed by atoms with van der Waals surface area (Å²) < 4.78 is 24.9. The van der Waals surface area contributed by atoms with Crippen LogP contribution in [0.1, 0.15) is 0 Å². The predicted molar refractivity (Wildman–Crippen MR) is 103 cm³/mol. The van der Waals surface area contributed by atoms with E-state index in [1.165, 1.54) is 0 Å². The molecule has 0 amide bonds. The van der Waals surface area contributed by atoms with Crippen LogP contribution in [0.2, 0.25) is 0 Å². The van der Waals surface area contributed by atoms with Crippen LogP contribution in [-0.4, -0.2) is 64.0 Å². The van der Waals surface area contributed by atoms with E-state index in [0.29, 0.717) is 34.1 Å². The van der Waals surface area contributed by atoms with Crippen molar-refractivity contribution < 1.29 is 8.78 Å². The topological polar surface area (TPSA) is 73.0 Å². The normalized spacial score (nSPS) is 15.6. The predicted octanol–water partition coefficient (Wildman–Crippen LogP) is 3.16. The molecule has 1 aliphatic heterocycles. The van der Waals surface area contributed by atoms with Gasteiger partial charge >= 0.3 is 0 Å². The third kappa shape index (κ3) is 4.11.